The Morgan fingerprint density at radius 2 is 2.00 bits per heavy atom. The molecule has 0 aliphatic carbocycles. The average molecular weight is 292 g/mol. The molecule has 0 saturated heterocycles. The van der Waals surface area contributed by atoms with Crippen molar-refractivity contribution in [3.63, 3.8) is 0 Å². The summed E-state index contributed by atoms with van der Waals surface area (Å²) in [6.07, 6.45) is 6.17. The highest BCUT2D eigenvalue weighted by Gasteiger charge is 2.07. The Morgan fingerprint density at radius 1 is 1.14 bits per heavy atom. The molecule has 21 heavy (non-hydrogen) atoms. The number of hydrogen-bond acceptors (Lipinski definition) is 8. The maximum atomic E-state index is 5.02. The van der Waals surface area contributed by atoms with E-state index >= 15 is 0 Å². The van der Waals surface area contributed by atoms with Gasteiger partial charge in [0.1, 0.15) is 12.7 Å². The Bertz CT molecular complexity index is 530. The standard InChI is InChI=1S/C12H20N8O/c1-13-10-17-11(15-6-4-3-5-7-21-2)19-12(18-10)20-9-14-8-16-20/h8-9H,3-7H2,1-2H3,(H2,13,15,17,18,19). The topological polar surface area (TPSA) is 103 Å². The Hall–Kier alpha value is -2.29. The van der Waals surface area contributed by atoms with Gasteiger partial charge in [-0.15, -0.1) is 0 Å². The molecule has 9 heteroatoms. The van der Waals surface area contributed by atoms with Crippen LogP contribution in [0.4, 0.5) is 11.9 Å². The van der Waals surface area contributed by atoms with Crippen LogP contribution in [0.15, 0.2) is 12.7 Å². The predicted molar refractivity (Wildman–Crippen MR) is 78.5 cm³/mol. The summed E-state index contributed by atoms with van der Waals surface area (Å²) >= 11 is 0. The minimum Gasteiger partial charge on any atom is -0.385 e. The second kappa shape index (κ2) is 8.10. The van der Waals surface area contributed by atoms with Gasteiger partial charge in [0, 0.05) is 27.3 Å². The van der Waals surface area contributed by atoms with Crippen molar-refractivity contribution in [2.75, 3.05) is 37.9 Å². The zero-order valence-electron chi connectivity index (χ0n) is 12.3. The molecule has 0 amide bonds. The van der Waals surface area contributed by atoms with E-state index in [9.17, 15) is 0 Å². The maximum Gasteiger partial charge on any atom is 0.258 e. The monoisotopic (exact) mass is 292 g/mol. The van der Waals surface area contributed by atoms with Crippen molar-refractivity contribution < 1.29 is 4.74 Å². The molecule has 0 unspecified atom stereocenters. The molecule has 2 aromatic rings. The number of nitrogens with one attached hydrogen (secondary N) is 2. The molecule has 0 bridgehead atoms. The molecule has 0 fully saturated rings. The normalized spacial score (nSPS) is 10.6. The van der Waals surface area contributed by atoms with Crippen molar-refractivity contribution in [2.45, 2.75) is 19.3 Å². The van der Waals surface area contributed by atoms with Gasteiger partial charge in [0.2, 0.25) is 11.9 Å². The molecule has 2 N–H and O–H groups in total. The molecule has 0 saturated carbocycles. The van der Waals surface area contributed by atoms with E-state index in [1.165, 1.54) is 11.0 Å². The zero-order valence-corrected chi connectivity index (χ0v) is 12.3. The van der Waals surface area contributed by atoms with Crippen molar-refractivity contribution in [3.8, 4) is 5.95 Å². The molecular formula is C12H20N8O. The number of rotatable bonds is 9. The largest absolute Gasteiger partial charge is 0.385 e. The molecule has 114 valence electrons. The molecule has 0 atom stereocenters. The van der Waals surface area contributed by atoms with E-state index < -0.39 is 0 Å². The first-order chi connectivity index (χ1) is 10.3. The van der Waals surface area contributed by atoms with Crippen LogP contribution in [0.5, 0.6) is 0 Å². The van der Waals surface area contributed by atoms with Crippen LogP contribution in [0.25, 0.3) is 5.95 Å². The number of anilines is 2. The van der Waals surface area contributed by atoms with Crippen LogP contribution in [0.1, 0.15) is 19.3 Å². The van der Waals surface area contributed by atoms with Gasteiger partial charge < -0.3 is 15.4 Å². The second-order valence-electron chi connectivity index (χ2n) is 4.35. The third kappa shape index (κ3) is 4.63. The first-order valence-electron chi connectivity index (χ1n) is 6.85. The molecule has 2 heterocycles. The SMILES string of the molecule is CNc1nc(NCCCCCOC)nc(-n2cncn2)n1. The van der Waals surface area contributed by atoms with Crippen LogP contribution in [0, 0.1) is 0 Å². The Morgan fingerprint density at radius 3 is 2.71 bits per heavy atom. The minimum absolute atomic E-state index is 0.425. The molecular weight excluding hydrogens is 272 g/mol. The lowest BCUT2D eigenvalue weighted by Crippen LogP contribution is -2.12. The first-order valence-corrected chi connectivity index (χ1v) is 6.85. The molecule has 0 aliphatic rings. The fraction of sp³-hybridized carbons (Fsp3) is 0.583. The number of hydrogen-bond donors (Lipinski definition) is 2. The van der Waals surface area contributed by atoms with Crippen molar-refractivity contribution in [1.29, 1.82) is 0 Å². The van der Waals surface area contributed by atoms with Gasteiger partial charge in [-0.3, -0.25) is 0 Å². The van der Waals surface area contributed by atoms with Gasteiger partial charge in [-0.1, -0.05) is 0 Å². The lowest BCUT2D eigenvalue weighted by molar-refractivity contribution is 0.192. The van der Waals surface area contributed by atoms with Gasteiger partial charge in [-0.05, 0) is 19.3 Å². The second-order valence-corrected chi connectivity index (χ2v) is 4.35. The smallest absolute Gasteiger partial charge is 0.258 e. The maximum absolute atomic E-state index is 5.02. The summed E-state index contributed by atoms with van der Waals surface area (Å²) < 4.78 is 6.51. The van der Waals surface area contributed by atoms with Crippen LogP contribution in [-0.4, -0.2) is 57.0 Å². The summed E-state index contributed by atoms with van der Waals surface area (Å²) in [6, 6.07) is 0. The van der Waals surface area contributed by atoms with E-state index in [0.29, 0.717) is 17.8 Å². The highest BCUT2D eigenvalue weighted by molar-refractivity contribution is 5.37. The van der Waals surface area contributed by atoms with Gasteiger partial charge in [0.25, 0.3) is 5.95 Å². The number of ether oxygens (including phenoxy) is 1. The third-order valence-corrected chi connectivity index (χ3v) is 2.78. The van der Waals surface area contributed by atoms with Crippen LogP contribution < -0.4 is 10.6 Å². The van der Waals surface area contributed by atoms with Gasteiger partial charge in [-0.2, -0.15) is 24.7 Å². The van der Waals surface area contributed by atoms with Crippen molar-refractivity contribution in [3.05, 3.63) is 12.7 Å². The molecule has 0 aromatic carbocycles. The molecule has 0 spiro atoms. The summed E-state index contributed by atoms with van der Waals surface area (Å²) in [5.74, 6) is 1.43. The number of methoxy groups -OCH3 is 1. The fourth-order valence-electron chi connectivity index (χ4n) is 1.72. The molecule has 2 aromatic heterocycles. The molecule has 0 aliphatic heterocycles. The Kier molecular flexibility index (Phi) is 5.83. The first kappa shape index (κ1) is 15.1. The lowest BCUT2D eigenvalue weighted by Gasteiger charge is -2.08. The average Bonchev–Trinajstić information content (AvgIpc) is 3.05. The zero-order chi connectivity index (χ0) is 14.9. The van der Waals surface area contributed by atoms with Gasteiger partial charge >= 0.3 is 0 Å². The summed E-state index contributed by atoms with van der Waals surface area (Å²) in [5.41, 5.74) is 0. The summed E-state index contributed by atoms with van der Waals surface area (Å²) in [5, 5.41) is 10.1. The Labute approximate surface area is 123 Å². The number of aromatic nitrogens is 6. The van der Waals surface area contributed by atoms with Crippen molar-refractivity contribution >= 4 is 11.9 Å². The summed E-state index contributed by atoms with van der Waals surface area (Å²) in [6.45, 7) is 1.60. The van der Waals surface area contributed by atoms with Crippen LogP contribution in [0.3, 0.4) is 0 Å². The molecule has 9 nitrogen and oxygen atoms in total. The predicted octanol–water partition coefficient (Wildman–Crippen LogP) is 0.723. The van der Waals surface area contributed by atoms with Gasteiger partial charge in [-0.25, -0.2) is 4.98 Å². The minimum atomic E-state index is 0.425. The van der Waals surface area contributed by atoms with Crippen LogP contribution >= 0.6 is 0 Å². The quantitative estimate of drug-likeness (QED) is 0.652. The fourth-order valence-corrected chi connectivity index (χ4v) is 1.72. The van der Waals surface area contributed by atoms with Crippen LogP contribution in [0.2, 0.25) is 0 Å². The lowest BCUT2D eigenvalue weighted by atomic mass is 10.2. The highest BCUT2D eigenvalue weighted by atomic mass is 16.5. The van der Waals surface area contributed by atoms with Crippen molar-refractivity contribution in [2.24, 2.45) is 0 Å². The van der Waals surface area contributed by atoms with E-state index in [4.69, 9.17) is 4.74 Å². The third-order valence-electron chi connectivity index (χ3n) is 2.78. The molecule has 2 rings (SSSR count). The van der Waals surface area contributed by atoms with E-state index in [0.717, 1.165) is 32.4 Å². The highest BCUT2D eigenvalue weighted by Crippen LogP contribution is 2.08. The van der Waals surface area contributed by atoms with E-state index in [1.807, 2.05) is 0 Å². The molecule has 0 radical (unpaired) electrons. The number of unbranched alkanes of at least 4 members (excludes halogenated alkanes) is 2. The summed E-state index contributed by atoms with van der Waals surface area (Å²) in [7, 11) is 3.48. The number of nitrogens with zero attached hydrogens (tertiary/aromatic N) is 6. The summed E-state index contributed by atoms with van der Waals surface area (Å²) in [4.78, 5) is 16.7. The van der Waals surface area contributed by atoms with E-state index in [1.54, 1.807) is 20.5 Å². The van der Waals surface area contributed by atoms with E-state index in [-0.39, 0.29) is 0 Å². The van der Waals surface area contributed by atoms with Crippen molar-refractivity contribution in [1.82, 2.24) is 29.7 Å². The van der Waals surface area contributed by atoms with Crippen LogP contribution in [-0.2, 0) is 4.74 Å². The van der Waals surface area contributed by atoms with Gasteiger partial charge in [0.15, 0.2) is 0 Å². The Balaban J connectivity index is 1.94. The van der Waals surface area contributed by atoms with E-state index in [2.05, 4.69) is 35.7 Å². The van der Waals surface area contributed by atoms with Gasteiger partial charge in [0.05, 0.1) is 0 Å².